The Bertz CT molecular complexity index is 409. The Morgan fingerprint density at radius 1 is 1.42 bits per heavy atom. The summed E-state index contributed by atoms with van der Waals surface area (Å²) in [7, 11) is 1.54. The number of nitrogens with two attached hydrogens (primary N) is 1. The summed E-state index contributed by atoms with van der Waals surface area (Å²) in [6.45, 7) is 0. The number of ether oxygens (including phenoxy) is 1. The third kappa shape index (κ3) is 0.868. The van der Waals surface area contributed by atoms with Crippen LogP contribution in [0.1, 0.15) is 0 Å². The number of methoxy groups -OCH3 is 1. The molecule has 0 aliphatic heterocycles. The molecule has 0 aliphatic carbocycles. The molecule has 0 saturated carbocycles. The predicted octanol–water partition coefficient (Wildman–Crippen LogP) is 0.320. The Morgan fingerprint density at radius 2 is 2.25 bits per heavy atom. The van der Waals surface area contributed by atoms with Crippen molar-refractivity contribution in [2.45, 2.75) is 0 Å². The highest BCUT2D eigenvalue weighted by atomic mass is 16.5. The van der Waals surface area contributed by atoms with Crippen LogP contribution in [0.2, 0.25) is 0 Å². The lowest BCUT2D eigenvalue weighted by Crippen LogP contribution is -1.93. The number of fused-ring (bicyclic) bond motifs is 1. The quantitative estimate of drug-likeness (QED) is 0.659. The van der Waals surface area contributed by atoms with Crippen molar-refractivity contribution in [1.82, 2.24) is 14.6 Å². The van der Waals surface area contributed by atoms with Gasteiger partial charge >= 0.3 is 6.01 Å². The maximum absolute atomic E-state index is 5.57. The Hall–Kier alpha value is -1.78. The van der Waals surface area contributed by atoms with Gasteiger partial charge in [0.1, 0.15) is 0 Å². The van der Waals surface area contributed by atoms with Crippen molar-refractivity contribution in [3.63, 3.8) is 0 Å². The second-order valence-electron chi connectivity index (χ2n) is 2.38. The molecule has 0 atom stereocenters. The first-order chi connectivity index (χ1) is 5.81. The van der Waals surface area contributed by atoms with Crippen LogP contribution in [-0.2, 0) is 0 Å². The summed E-state index contributed by atoms with van der Waals surface area (Å²) in [5.74, 6) is 0. The summed E-state index contributed by atoms with van der Waals surface area (Å²) in [6.07, 6.45) is 1.72. The molecule has 0 radical (unpaired) electrons. The standard InChI is InChI=1S/C7H8N4O/c1-12-7-10-9-6-3-2-5(8)4-11(6)7/h2-4H,8H2,1H3. The number of hydrogen-bond acceptors (Lipinski definition) is 4. The fourth-order valence-corrected chi connectivity index (χ4v) is 1.03. The molecule has 62 valence electrons. The van der Waals surface area contributed by atoms with Crippen LogP contribution in [0.15, 0.2) is 18.3 Å². The zero-order valence-electron chi connectivity index (χ0n) is 6.56. The number of aromatic nitrogens is 3. The molecule has 2 N–H and O–H groups in total. The monoisotopic (exact) mass is 164 g/mol. The minimum atomic E-state index is 0.442. The van der Waals surface area contributed by atoms with Gasteiger partial charge in [-0.25, -0.2) is 0 Å². The molecule has 2 rings (SSSR count). The summed E-state index contributed by atoms with van der Waals surface area (Å²) in [5, 5.41) is 7.65. The number of anilines is 1. The minimum absolute atomic E-state index is 0.442. The molecule has 0 bridgehead atoms. The molecule has 5 nitrogen and oxygen atoms in total. The third-order valence-electron chi connectivity index (χ3n) is 1.58. The second-order valence-corrected chi connectivity index (χ2v) is 2.38. The summed E-state index contributed by atoms with van der Waals surface area (Å²) >= 11 is 0. The van der Waals surface area contributed by atoms with Crippen molar-refractivity contribution < 1.29 is 4.74 Å². The minimum Gasteiger partial charge on any atom is -0.467 e. The van der Waals surface area contributed by atoms with E-state index < -0.39 is 0 Å². The average molecular weight is 164 g/mol. The van der Waals surface area contributed by atoms with Crippen molar-refractivity contribution in [3.8, 4) is 6.01 Å². The highest BCUT2D eigenvalue weighted by molar-refractivity contribution is 5.47. The Kier molecular flexibility index (Phi) is 1.36. The van der Waals surface area contributed by atoms with E-state index in [9.17, 15) is 0 Å². The lowest BCUT2D eigenvalue weighted by molar-refractivity contribution is 0.375. The number of nitrogens with zero attached hydrogens (tertiary/aromatic N) is 3. The van der Waals surface area contributed by atoms with E-state index in [-0.39, 0.29) is 0 Å². The molecular formula is C7H8N4O. The maximum atomic E-state index is 5.57. The van der Waals surface area contributed by atoms with Crippen LogP contribution in [0.25, 0.3) is 5.65 Å². The van der Waals surface area contributed by atoms with E-state index in [0.29, 0.717) is 11.7 Å². The van der Waals surface area contributed by atoms with Gasteiger partial charge < -0.3 is 10.5 Å². The smallest absolute Gasteiger partial charge is 0.321 e. The van der Waals surface area contributed by atoms with Gasteiger partial charge in [0.05, 0.1) is 7.11 Å². The number of hydrogen-bond donors (Lipinski definition) is 1. The predicted molar refractivity (Wildman–Crippen MR) is 44.0 cm³/mol. The van der Waals surface area contributed by atoms with Crippen LogP contribution in [-0.4, -0.2) is 21.7 Å². The van der Waals surface area contributed by atoms with E-state index >= 15 is 0 Å². The lowest BCUT2D eigenvalue weighted by atomic mass is 10.4. The van der Waals surface area contributed by atoms with Gasteiger partial charge in [0.2, 0.25) is 0 Å². The first kappa shape index (κ1) is 6.90. The zero-order valence-corrected chi connectivity index (χ0v) is 6.56. The first-order valence-electron chi connectivity index (χ1n) is 3.45. The topological polar surface area (TPSA) is 65.4 Å². The molecule has 0 fully saturated rings. The van der Waals surface area contributed by atoms with E-state index in [4.69, 9.17) is 10.5 Å². The van der Waals surface area contributed by atoms with Gasteiger partial charge in [-0.3, -0.25) is 4.40 Å². The van der Waals surface area contributed by atoms with Gasteiger partial charge in [0.15, 0.2) is 5.65 Å². The zero-order chi connectivity index (χ0) is 8.55. The SMILES string of the molecule is COc1nnc2ccc(N)cn12. The van der Waals surface area contributed by atoms with Crippen molar-refractivity contribution in [3.05, 3.63) is 18.3 Å². The molecule has 0 unspecified atom stereocenters. The van der Waals surface area contributed by atoms with Crippen LogP contribution >= 0.6 is 0 Å². The second kappa shape index (κ2) is 2.37. The van der Waals surface area contributed by atoms with Crippen molar-refractivity contribution in [2.75, 3.05) is 12.8 Å². The Labute approximate surface area is 68.8 Å². The van der Waals surface area contributed by atoms with Crippen LogP contribution in [0.3, 0.4) is 0 Å². The van der Waals surface area contributed by atoms with Crippen molar-refractivity contribution in [1.29, 1.82) is 0 Å². The van der Waals surface area contributed by atoms with E-state index in [1.165, 1.54) is 0 Å². The molecule has 12 heavy (non-hydrogen) atoms. The molecule has 2 heterocycles. The molecule has 5 heteroatoms. The summed E-state index contributed by atoms with van der Waals surface area (Å²) in [6, 6.07) is 3.99. The van der Waals surface area contributed by atoms with Crippen LogP contribution in [0.5, 0.6) is 6.01 Å². The normalized spacial score (nSPS) is 10.4. The highest BCUT2D eigenvalue weighted by Crippen LogP contribution is 2.12. The van der Waals surface area contributed by atoms with Gasteiger partial charge in [0.25, 0.3) is 0 Å². The van der Waals surface area contributed by atoms with Crippen molar-refractivity contribution in [2.24, 2.45) is 0 Å². The van der Waals surface area contributed by atoms with Gasteiger partial charge in [-0.2, -0.15) is 0 Å². The summed E-state index contributed by atoms with van der Waals surface area (Å²) in [5.41, 5.74) is 6.95. The van der Waals surface area contributed by atoms with Crippen LogP contribution < -0.4 is 10.5 Å². The van der Waals surface area contributed by atoms with Gasteiger partial charge in [-0.15, -0.1) is 5.10 Å². The van der Waals surface area contributed by atoms with Crippen molar-refractivity contribution >= 4 is 11.3 Å². The first-order valence-corrected chi connectivity index (χ1v) is 3.45. The van der Waals surface area contributed by atoms with Gasteiger partial charge in [-0.1, -0.05) is 5.10 Å². The third-order valence-corrected chi connectivity index (χ3v) is 1.58. The maximum Gasteiger partial charge on any atom is 0.321 e. The molecule has 0 amide bonds. The molecule has 0 aliphatic rings. The number of pyridine rings is 1. The largest absolute Gasteiger partial charge is 0.467 e. The molecule has 0 spiro atoms. The van der Waals surface area contributed by atoms with Gasteiger partial charge in [-0.05, 0) is 12.1 Å². The van der Waals surface area contributed by atoms with Crippen LogP contribution in [0, 0.1) is 0 Å². The lowest BCUT2D eigenvalue weighted by Gasteiger charge is -1.97. The Balaban J connectivity index is 2.75. The number of rotatable bonds is 1. The highest BCUT2D eigenvalue weighted by Gasteiger charge is 2.03. The van der Waals surface area contributed by atoms with E-state index in [0.717, 1.165) is 5.65 Å². The van der Waals surface area contributed by atoms with Crippen LogP contribution in [0.4, 0.5) is 5.69 Å². The molecular weight excluding hydrogens is 156 g/mol. The fraction of sp³-hybridized carbons (Fsp3) is 0.143. The Morgan fingerprint density at radius 3 is 3.00 bits per heavy atom. The average Bonchev–Trinajstić information content (AvgIpc) is 2.46. The molecule has 0 aromatic carbocycles. The summed E-state index contributed by atoms with van der Waals surface area (Å²) in [4.78, 5) is 0. The molecule has 2 aromatic heterocycles. The number of nitrogen functional groups attached to an aromatic ring is 1. The molecule has 2 aromatic rings. The van der Waals surface area contributed by atoms with E-state index in [2.05, 4.69) is 10.2 Å². The van der Waals surface area contributed by atoms with Gasteiger partial charge in [0, 0.05) is 11.9 Å². The van der Waals surface area contributed by atoms with E-state index in [1.54, 1.807) is 29.8 Å². The fourth-order valence-electron chi connectivity index (χ4n) is 1.03. The molecule has 0 saturated heterocycles. The summed E-state index contributed by atoms with van der Waals surface area (Å²) < 4.78 is 6.65. The van der Waals surface area contributed by atoms with E-state index in [1.807, 2.05) is 0 Å².